The molecular formula is C14H20N4O3S. The quantitative estimate of drug-likeness (QED) is 0.650. The van der Waals surface area contributed by atoms with Gasteiger partial charge in [-0.15, -0.1) is 4.91 Å². The highest BCUT2D eigenvalue weighted by atomic mass is 32.2. The number of nitroso groups, excluding NO2 is 1. The lowest BCUT2D eigenvalue weighted by Gasteiger charge is -2.40. The Balaban J connectivity index is 1.95. The molecule has 1 aliphatic heterocycles. The van der Waals surface area contributed by atoms with Crippen molar-refractivity contribution in [1.29, 1.82) is 0 Å². The molecule has 0 bridgehead atoms. The molecule has 22 heavy (non-hydrogen) atoms. The van der Waals surface area contributed by atoms with Crippen LogP contribution in [-0.4, -0.2) is 63.0 Å². The topological polar surface area (TPSA) is 86.1 Å². The fourth-order valence-electron chi connectivity index (χ4n) is 2.52. The molecular weight excluding hydrogens is 304 g/mol. The zero-order valence-electron chi connectivity index (χ0n) is 12.7. The highest BCUT2D eigenvalue weighted by Gasteiger charge is 2.32. The zero-order valence-corrected chi connectivity index (χ0v) is 13.5. The van der Waals surface area contributed by atoms with Crippen molar-refractivity contribution < 1.29 is 9.90 Å². The second kappa shape index (κ2) is 7.17. The Morgan fingerprint density at radius 2 is 2.32 bits per heavy atom. The van der Waals surface area contributed by atoms with Crippen LogP contribution >= 0.6 is 11.9 Å². The Kier molecular flexibility index (Phi) is 5.49. The van der Waals surface area contributed by atoms with Crippen LogP contribution < -0.4 is 0 Å². The second-order valence-electron chi connectivity index (χ2n) is 5.88. The molecule has 0 aliphatic carbocycles. The second-order valence-corrected chi connectivity index (χ2v) is 7.32. The number of aliphatic hydroxyl groups excluding tert-OH is 1. The fourth-order valence-corrected chi connectivity index (χ4v) is 2.96. The molecule has 1 aromatic heterocycles. The minimum atomic E-state index is -0.869. The molecule has 1 unspecified atom stereocenters. The molecule has 0 radical (unpaired) electrons. The molecule has 120 valence electrons. The van der Waals surface area contributed by atoms with E-state index >= 15 is 0 Å². The highest BCUT2D eigenvalue weighted by Crippen LogP contribution is 2.27. The SMILES string of the molecule is CC(C)(CN1CCN(C(=O)c2cccnc2)C(O)C1)SN=O. The van der Waals surface area contributed by atoms with Gasteiger partial charge in [-0.1, -0.05) is 0 Å². The number of carbonyl (C=O) groups is 1. The fraction of sp³-hybridized carbons (Fsp3) is 0.571. The van der Waals surface area contributed by atoms with E-state index in [1.54, 1.807) is 18.3 Å². The first-order chi connectivity index (χ1) is 10.4. The third-order valence-corrected chi connectivity index (χ3v) is 4.19. The first-order valence-electron chi connectivity index (χ1n) is 7.05. The summed E-state index contributed by atoms with van der Waals surface area (Å²) in [7, 11) is 0. The van der Waals surface area contributed by atoms with Crippen LogP contribution in [0.1, 0.15) is 24.2 Å². The van der Waals surface area contributed by atoms with Crippen LogP contribution in [0.3, 0.4) is 0 Å². The van der Waals surface area contributed by atoms with Crippen LogP contribution in [-0.2, 0) is 0 Å². The van der Waals surface area contributed by atoms with Gasteiger partial charge in [0.2, 0.25) is 0 Å². The van der Waals surface area contributed by atoms with Crippen molar-refractivity contribution in [2.45, 2.75) is 24.8 Å². The van der Waals surface area contributed by atoms with Gasteiger partial charge in [0.1, 0.15) is 6.23 Å². The van der Waals surface area contributed by atoms with Gasteiger partial charge >= 0.3 is 0 Å². The van der Waals surface area contributed by atoms with Gasteiger partial charge in [0.25, 0.3) is 5.91 Å². The normalized spacial score (nSPS) is 20.0. The van der Waals surface area contributed by atoms with Gasteiger partial charge in [0.05, 0.1) is 5.56 Å². The smallest absolute Gasteiger partial charge is 0.257 e. The number of hydrogen-bond acceptors (Lipinski definition) is 7. The van der Waals surface area contributed by atoms with Crippen LogP contribution in [0.15, 0.2) is 29.1 Å². The summed E-state index contributed by atoms with van der Waals surface area (Å²) in [6.07, 6.45) is 2.23. The number of piperazine rings is 1. The molecule has 1 saturated heterocycles. The van der Waals surface area contributed by atoms with E-state index in [2.05, 4.69) is 9.57 Å². The van der Waals surface area contributed by atoms with Gasteiger partial charge in [-0.2, -0.15) is 0 Å². The van der Waals surface area contributed by atoms with E-state index in [0.717, 1.165) is 11.9 Å². The summed E-state index contributed by atoms with van der Waals surface area (Å²) in [5.41, 5.74) is 0.469. The molecule has 2 heterocycles. The van der Waals surface area contributed by atoms with Crippen molar-refractivity contribution in [3.05, 3.63) is 35.0 Å². The number of aromatic nitrogens is 1. The summed E-state index contributed by atoms with van der Waals surface area (Å²) >= 11 is 0.990. The predicted molar refractivity (Wildman–Crippen MR) is 85.2 cm³/mol. The predicted octanol–water partition coefficient (Wildman–Crippen LogP) is 1.35. The van der Waals surface area contributed by atoms with Gasteiger partial charge in [-0.25, -0.2) is 0 Å². The molecule has 0 saturated carbocycles. The lowest BCUT2D eigenvalue weighted by Crippen LogP contribution is -2.56. The molecule has 7 nitrogen and oxygen atoms in total. The van der Waals surface area contributed by atoms with Crippen molar-refractivity contribution >= 4 is 17.9 Å². The molecule has 0 spiro atoms. The summed E-state index contributed by atoms with van der Waals surface area (Å²) in [6, 6.07) is 3.38. The number of pyridine rings is 1. The van der Waals surface area contributed by atoms with E-state index in [4.69, 9.17) is 0 Å². The van der Waals surface area contributed by atoms with E-state index in [9.17, 15) is 14.8 Å². The highest BCUT2D eigenvalue weighted by molar-refractivity contribution is 7.99. The third kappa shape index (κ3) is 4.25. The molecule has 1 amide bonds. The number of amides is 1. The van der Waals surface area contributed by atoms with Crippen LogP contribution in [0.2, 0.25) is 0 Å². The Morgan fingerprint density at radius 1 is 1.55 bits per heavy atom. The summed E-state index contributed by atoms with van der Waals surface area (Å²) in [6.45, 7) is 5.91. The van der Waals surface area contributed by atoms with Gasteiger partial charge in [-0.3, -0.25) is 14.7 Å². The minimum absolute atomic E-state index is 0.219. The molecule has 8 heteroatoms. The molecule has 1 aliphatic rings. The third-order valence-electron chi connectivity index (χ3n) is 3.50. The largest absolute Gasteiger partial charge is 0.372 e. The first-order valence-corrected chi connectivity index (χ1v) is 7.82. The Hall–Kier alpha value is -1.51. The molecule has 0 aromatic carbocycles. The number of aliphatic hydroxyl groups is 1. The van der Waals surface area contributed by atoms with Crippen LogP contribution in [0, 0.1) is 4.91 Å². The number of carbonyl (C=O) groups excluding carboxylic acids is 1. The lowest BCUT2D eigenvalue weighted by atomic mass is 10.1. The summed E-state index contributed by atoms with van der Waals surface area (Å²) in [5.74, 6) is -0.219. The maximum absolute atomic E-state index is 12.4. The van der Waals surface area contributed by atoms with E-state index in [1.165, 1.54) is 11.1 Å². The van der Waals surface area contributed by atoms with E-state index in [0.29, 0.717) is 31.7 Å². The standard InChI is InChI=1S/C14H20N4O3S/c1-14(2,22-16-21)10-17-6-7-18(12(19)9-17)13(20)11-4-3-5-15-8-11/h3-5,8,12,19H,6-7,9-10H2,1-2H3. The molecule has 1 aromatic rings. The number of nitrogens with zero attached hydrogens (tertiary/aromatic N) is 4. The van der Waals surface area contributed by atoms with Crippen molar-refractivity contribution in [2.75, 3.05) is 26.2 Å². The van der Waals surface area contributed by atoms with E-state index in [1.807, 2.05) is 18.7 Å². The van der Waals surface area contributed by atoms with Crippen LogP contribution in [0.5, 0.6) is 0 Å². The first kappa shape index (κ1) is 16.9. The maximum atomic E-state index is 12.4. The molecule has 1 fully saturated rings. The average Bonchev–Trinajstić information content (AvgIpc) is 2.47. The maximum Gasteiger partial charge on any atom is 0.257 e. The van der Waals surface area contributed by atoms with Crippen molar-refractivity contribution in [2.24, 2.45) is 4.58 Å². The number of hydrogen-bond donors (Lipinski definition) is 1. The van der Waals surface area contributed by atoms with Crippen LogP contribution in [0.25, 0.3) is 0 Å². The van der Waals surface area contributed by atoms with Crippen molar-refractivity contribution in [3.63, 3.8) is 0 Å². The minimum Gasteiger partial charge on any atom is -0.372 e. The zero-order chi connectivity index (χ0) is 16.2. The van der Waals surface area contributed by atoms with Gasteiger partial charge in [-0.05, 0) is 26.0 Å². The Morgan fingerprint density at radius 3 is 2.91 bits per heavy atom. The Bertz CT molecular complexity index is 526. The molecule has 2 rings (SSSR count). The van der Waals surface area contributed by atoms with Crippen molar-refractivity contribution in [3.8, 4) is 0 Å². The number of rotatable bonds is 5. The van der Waals surface area contributed by atoms with Crippen molar-refractivity contribution in [1.82, 2.24) is 14.8 Å². The van der Waals surface area contributed by atoms with E-state index < -0.39 is 6.23 Å². The average molecular weight is 324 g/mol. The number of β-amino-alcohol motifs (C(OH)–C–C–N with tert-alkyl or cyclic N) is 1. The molecule has 1 N–H and O–H groups in total. The van der Waals surface area contributed by atoms with E-state index in [-0.39, 0.29) is 10.7 Å². The van der Waals surface area contributed by atoms with Crippen LogP contribution in [0.4, 0.5) is 0 Å². The lowest BCUT2D eigenvalue weighted by molar-refractivity contribution is -0.0410. The Labute approximate surface area is 133 Å². The van der Waals surface area contributed by atoms with Gasteiger partial charge in [0.15, 0.2) is 0 Å². The summed E-state index contributed by atoms with van der Waals surface area (Å²) < 4.78 is 2.56. The molecule has 1 atom stereocenters. The van der Waals surface area contributed by atoms with Gasteiger partial charge in [0, 0.05) is 59.8 Å². The summed E-state index contributed by atoms with van der Waals surface area (Å²) in [4.78, 5) is 30.2. The monoisotopic (exact) mass is 324 g/mol. The van der Waals surface area contributed by atoms with Gasteiger partial charge < -0.3 is 10.0 Å². The summed E-state index contributed by atoms with van der Waals surface area (Å²) in [5, 5.41) is 10.2.